The van der Waals surface area contributed by atoms with E-state index in [1.54, 1.807) is 19.4 Å². The van der Waals surface area contributed by atoms with Crippen molar-refractivity contribution in [2.75, 3.05) is 26.9 Å². The largest absolute Gasteiger partial charge is 0.493 e. The molecule has 21 heavy (non-hydrogen) atoms. The summed E-state index contributed by atoms with van der Waals surface area (Å²) in [7, 11) is 1.58. The van der Waals surface area contributed by atoms with Gasteiger partial charge in [-0.1, -0.05) is 6.08 Å². The Balaban J connectivity index is 2.06. The highest BCUT2D eigenvalue weighted by Gasteiger charge is 2.17. The second-order valence-corrected chi connectivity index (χ2v) is 4.52. The third-order valence-corrected chi connectivity index (χ3v) is 2.87. The van der Waals surface area contributed by atoms with Gasteiger partial charge in [-0.25, -0.2) is 0 Å². The fraction of sp³-hybridized carbons (Fsp3) is 0.286. The van der Waals surface area contributed by atoms with E-state index >= 15 is 0 Å². The van der Waals surface area contributed by atoms with Gasteiger partial charge in [0.05, 0.1) is 13.3 Å². The molecule has 1 aromatic rings. The zero-order valence-electron chi connectivity index (χ0n) is 11.7. The van der Waals surface area contributed by atoms with E-state index in [9.17, 15) is 0 Å². The van der Waals surface area contributed by atoms with Crippen LogP contribution < -0.4 is 25.0 Å². The monoisotopic (exact) mass is 307 g/mol. The molecule has 0 amide bonds. The summed E-state index contributed by atoms with van der Waals surface area (Å²) in [6.07, 6.45) is 3.34. The second-order valence-electron chi connectivity index (χ2n) is 4.12. The highest BCUT2D eigenvalue weighted by molar-refractivity contribution is 7.80. The summed E-state index contributed by atoms with van der Waals surface area (Å²) in [6.45, 7) is 5.21. The lowest BCUT2D eigenvalue weighted by molar-refractivity contribution is 0.165. The summed E-state index contributed by atoms with van der Waals surface area (Å²) < 4.78 is 16.4. The van der Waals surface area contributed by atoms with Crippen LogP contribution in [0.4, 0.5) is 0 Å². The fourth-order valence-corrected chi connectivity index (χ4v) is 1.87. The highest BCUT2D eigenvalue weighted by atomic mass is 32.1. The van der Waals surface area contributed by atoms with Crippen LogP contribution in [0, 0.1) is 0 Å². The molecule has 0 fully saturated rings. The average molecular weight is 307 g/mol. The Hall–Kier alpha value is -2.28. The van der Waals surface area contributed by atoms with Gasteiger partial charge in [-0.05, 0) is 24.4 Å². The van der Waals surface area contributed by atoms with Gasteiger partial charge in [-0.15, -0.1) is 6.58 Å². The lowest BCUT2D eigenvalue weighted by Crippen LogP contribution is -2.31. The predicted octanol–water partition coefficient (Wildman–Crippen LogP) is 1.45. The first-order chi connectivity index (χ1) is 10.2. The molecule has 1 aliphatic rings. The zero-order valence-corrected chi connectivity index (χ0v) is 12.5. The van der Waals surface area contributed by atoms with Crippen molar-refractivity contribution in [1.82, 2.24) is 10.7 Å². The number of thiocarbonyl (C=S) groups is 1. The summed E-state index contributed by atoms with van der Waals surface area (Å²) in [5.74, 6) is 1.88. The normalized spacial score (nSPS) is 12.8. The number of hydrogen-bond donors (Lipinski definition) is 2. The Morgan fingerprint density at radius 1 is 1.48 bits per heavy atom. The van der Waals surface area contributed by atoms with Crippen molar-refractivity contribution in [2.24, 2.45) is 5.10 Å². The van der Waals surface area contributed by atoms with Gasteiger partial charge in [0.15, 0.2) is 16.6 Å². The minimum Gasteiger partial charge on any atom is -0.493 e. The smallest absolute Gasteiger partial charge is 0.203 e. The Morgan fingerprint density at radius 2 is 2.29 bits per heavy atom. The number of ether oxygens (including phenoxy) is 3. The maximum Gasteiger partial charge on any atom is 0.203 e. The maximum atomic E-state index is 5.55. The van der Waals surface area contributed by atoms with E-state index in [4.69, 9.17) is 26.4 Å². The van der Waals surface area contributed by atoms with Gasteiger partial charge < -0.3 is 19.5 Å². The van der Waals surface area contributed by atoms with E-state index in [-0.39, 0.29) is 0 Å². The van der Waals surface area contributed by atoms with Crippen molar-refractivity contribution in [2.45, 2.75) is 0 Å². The van der Waals surface area contributed by atoms with Crippen LogP contribution in [0.3, 0.4) is 0 Å². The molecule has 0 unspecified atom stereocenters. The molecule has 2 N–H and O–H groups in total. The molecular formula is C14H17N3O3S. The fourth-order valence-electron chi connectivity index (χ4n) is 1.74. The topological polar surface area (TPSA) is 64.1 Å². The molecule has 6 nitrogen and oxygen atoms in total. The quantitative estimate of drug-likeness (QED) is 0.371. The summed E-state index contributed by atoms with van der Waals surface area (Å²) in [4.78, 5) is 0. The standard InChI is InChI=1S/C14H17N3O3S/c1-3-4-15-14(21)17-16-9-10-7-11(18-2)13-12(8-10)19-5-6-20-13/h3,7-9H,1,4-6H2,2H3,(H2,15,17,21)/b16-9-. The van der Waals surface area contributed by atoms with Crippen molar-refractivity contribution in [3.63, 3.8) is 0 Å². The number of nitrogens with zero attached hydrogens (tertiary/aromatic N) is 1. The van der Waals surface area contributed by atoms with Crippen LogP contribution in [0.2, 0.25) is 0 Å². The predicted molar refractivity (Wildman–Crippen MR) is 85.5 cm³/mol. The minimum absolute atomic E-state index is 0.427. The summed E-state index contributed by atoms with van der Waals surface area (Å²) >= 11 is 5.03. The molecule has 0 radical (unpaired) electrons. The van der Waals surface area contributed by atoms with E-state index in [0.29, 0.717) is 42.1 Å². The van der Waals surface area contributed by atoms with Gasteiger partial charge in [-0.3, -0.25) is 5.43 Å². The molecule has 1 heterocycles. The Kier molecular flexibility index (Phi) is 5.39. The van der Waals surface area contributed by atoms with Gasteiger partial charge >= 0.3 is 0 Å². The third-order valence-electron chi connectivity index (χ3n) is 2.64. The van der Waals surface area contributed by atoms with Crippen molar-refractivity contribution in [3.05, 3.63) is 30.4 Å². The molecule has 0 bridgehead atoms. The van der Waals surface area contributed by atoms with Crippen LogP contribution in [0.5, 0.6) is 17.2 Å². The molecule has 112 valence electrons. The van der Waals surface area contributed by atoms with Gasteiger partial charge in [-0.2, -0.15) is 5.10 Å². The van der Waals surface area contributed by atoms with Crippen LogP contribution in [0.25, 0.3) is 0 Å². The first kappa shape index (κ1) is 15.1. The van der Waals surface area contributed by atoms with E-state index in [1.807, 2.05) is 12.1 Å². The Morgan fingerprint density at radius 3 is 3.05 bits per heavy atom. The van der Waals surface area contributed by atoms with Crippen molar-refractivity contribution in [3.8, 4) is 17.2 Å². The molecule has 1 aromatic carbocycles. The number of fused-ring (bicyclic) bond motifs is 1. The molecule has 0 saturated carbocycles. The number of methoxy groups -OCH3 is 1. The van der Waals surface area contributed by atoms with E-state index in [2.05, 4.69) is 22.4 Å². The first-order valence-corrected chi connectivity index (χ1v) is 6.81. The minimum atomic E-state index is 0.427. The second kappa shape index (κ2) is 7.49. The van der Waals surface area contributed by atoms with E-state index in [0.717, 1.165) is 5.56 Å². The number of benzene rings is 1. The lowest BCUT2D eigenvalue weighted by Gasteiger charge is -2.20. The molecule has 0 spiro atoms. The van der Waals surface area contributed by atoms with Crippen LogP contribution in [-0.2, 0) is 0 Å². The van der Waals surface area contributed by atoms with Crippen molar-refractivity contribution >= 4 is 23.5 Å². The maximum absolute atomic E-state index is 5.55. The molecule has 0 aromatic heterocycles. The molecule has 7 heteroatoms. The van der Waals surface area contributed by atoms with E-state index in [1.165, 1.54) is 0 Å². The van der Waals surface area contributed by atoms with Crippen LogP contribution in [0.1, 0.15) is 5.56 Å². The molecule has 2 rings (SSSR count). The van der Waals surface area contributed by atoms with Crippen LogP contribution >= 0.6 is 12.2 Å². The number of hydrogen-bond acceptors (Lipinski definition) is 5. The van der Waals surface area contributed by atoms with Crippen LogP contribution in [-0.4, -0.2) is 38.2 Å². The summed E-state index contributed by atoms with van der Waals surface area (Å²) in [5, 5.41) is 7.39. The first-order valence-electron chi connectivity index (χ1n) is 6.40. The number of rotatable bonds is 5. The van der Waals surface area contributed by atoms with Gasteiger partial charge in [0.25, 0.3) is 0 Å². The molecule has 1 aliphatic heterocycles. The summed E-state index contributed by atoms with van der Waals surface area (Å²) in [6, 6.07) is 3.65. The highest BCUT2D eigenvalue weighted by Crippen LogP contribution is 2.39. The average Bonchev–Trinajstić information content (AvgIpc) is 2.52. The van der Waals surface area contributed by atoms with Gasteiger partial charge in [0.1, 0.15) is 13.2 Å². The van der Waals surface area contributed by atoms with E-state index < -0.39 is 0 Å². The Labute approximate surface area is 128 Å². The SMILES string of the molecule is C=CCNC(=S)N/N=C\c1cc(OC)c2c(c1)OCCO2. The number of hydrazone groups is 1. The van der Waals surface area contributed by atoms with Crippen molar-refractivity contribution < 1.29 is 14.2 Å². The molecular weight excluding hydrogens is 290 g/mol. The number of nitrogens with one attached hydrogen (secondary N) is 2. The van der Waals surface area contributed by atoms with Gasteiger partial charge in [0.2, 0.25) is 5.75 Å². The lowest BCUT2D eigenvalue weighted by atomic mass is 10.2. The Bertz CT molecular complexity index is 543. The van der Waals surface area contributed by atoms with Crippen LogP contribution in [0.15, 0.2) is 29.9 Å². The third kappa shape index (κ3) is 4.09. The molecule has 0 atom stereocenters. The zero-order chi connectivity index (χ0) is 15.1. The molecule has 0 aliphatic carbocycles. The molecule has 0 saturated heterocycles. The summed E-state index contributed by atoms with van der Waals surface area (Å²) in [5.41, 5.74) is 3.53. The van der Waals surface area contributed by atoms with Crippen molar-refractivity contribution in [1.29, 1.82) is 0 Å². The van der Waals surface area contributed by atoms with Gasteiger partial charge in [0, 0.05) is 12.1 Å².